The lowest BCUT2D eigenvalue weighted by Gasteiger charge is -2.14. The molecule has 8 heteroatoms. The highest BCUT2D eigenvalue weighted by molar-refractivity contribution is 7.80. The third kappa shape index (κ3) is 7.63. The number of benzene rings is 3. The molecule has 0 atom stereocenters. The molecule has 0 saturated carbocycles. The van der Waals surface area contributed by atoms with E-state index in [1.165, 1.54) is 0 Å². The topological polar surface area (TPSA) is 88.7 Å². The number of rotatable bonds is 9. The minimum Gasteiger partial charge on any atom is -0.491 e. The van der Waals surface area contributed by atoms with Gasteiger partial charge in [-0.1, -0.05) is 24.3 Å². The monoisotopic (exact) mass is 491 g/mol. The predicted molar refractivity (Wildman–Crippen MR) is 142 cm³/mol. The Labute approximate surface area is 210 Å². The number of amides is 2. The van der Waals surface area contributed by atoms with Crippen LogP contribution in [-0.2, 0) is 4.74 Å². The number of hydrogen-bond acceptors (Lipinski definition) is 5. The Morgan fingerprint density at radius 2 is 1.66 bits per heavy atom. The highest BCUT2D eigenvalue weighted by Gasteiger charge is 2.14. The molecule has 0 heterocycles. The molecule has 7 nitrogen and oxygen atoms in total. The number of thiocarbonyl (C=S) groups is 1. The van der Waals surface area contributed by atoms with Crippen molar-refractivity contribution in [2.75, 3.05) is 30.5 Å². The molecular weight excluding hydrogens is 462 g/mol. The Morgan fingerprint density at radius 1 is 0.857 bits per heavy atom. The molecule has 0 saturated heterocycles. The van der Waals surface area contributed by atoms with Crippen molar-refractivity contribution in [2.45, 2.75) is 20.8 Å². The average molecular weight is 492 g/mol. The minimum atomic E-state index is -0.394. The molecule has 3 rings (SSSR count). The number of aryl methyl sites for hydroxylation is 2. The van der Waals surface area contributed by atoms with E-state index in [1.807, 2.05) is 39.0 Å². The summed E-state index contributed by atoms with van der Waals surface area (Å²) in [5.41, 5.74) is 4.20. The second-order valence-electron chi connectivity index (χ2n) is 7.78. The van der Waals surface area contributed by atoms with E-state index < -0.39 is 5.91 Å². The van der Waals surface area contributed by atoms with Gasteiger partial charge in [-0.25, -0.2) is 0 Å². The second-order valence-corrected chi connectivity index (χ2v) is 8.19. The van der Waals surface area contributed by atoms with Gasteiger partial charge in [0.2, 0.25) is 0 Å². The van der Waals surface area contributed by atoms with Crippen molar-refractivity contribution < 1.29 is 19.1 Å². The summed E-state index contributed by atoms with van der Waals surface area (Å²) in [6.07, 6.45) is 0. The summed E-state index contributed by atoms with van der Waals surface area (Å²) >= 11 is 5.33. The van der Waals surface area contributed by atoms with Gasteiger partial charge in [0, 0.05) is 17.9 Å². The smallest absolute Gasteiger partial charge is 0.257 e. The molecule has 3 aromatic carbocycles. The molecule has 182 valence electrons. The van der Waals surface area contributed by atoms with Crippen LogP contribution in [0, 0.1) is 13.8 Å². The van der Waals surface area contributed by atoms with Crippen LogP contribution in [0.3, 0.4) is 0 Å². The van der Waals surface area contributed by atoms with Crippen molar-refractivity contribution in [3.8, 4) is 5.75 Å². The number of ether oxygens (including phenoxy) is 2. The average Bonchev–Trinajstić information content (AvgIpc) is 2.84. The molecule has 0 aliphatic rings. The molecule has 2 amide bonds. The number of carbonyl (C=O) groups is 2. The van der Waals surface area contributed by atoms with E-state index in [0.717, 1.165) is 11.1 Å². The van der Waals surface area contributed by atoms with Gasteiger partial charge in [-0.05, 0) is 86.6 Å². The molecule has 0 aliphatic heterocycles. The van der Waals surface area contributed by atoms with Crippen LogP contribution in [0.5, 0.6) is 5.75 Å². The van der Waals surface area contributed by atoms with Crippen LogP contribution in [0.4, 0.5) is 11.4 Å². The highest BCUT2D eigenvalue weighted by atomic mass is 32.1. The molecule has 3 N–H and O–H groups in total. The van der Waals surface area contributed by atoms with Crippen LogP contribution >= 0.6 is 12.2 Å². The largest absolute Gasteiger partial charge is 0.491 e. The number of hydrogen-bond donors (Lipinski definition) is 3. The number of carbonyl (C=O) groups excluding carboxylic acids is 2. The summed E-state index contributed by atoms with van der Waals surface area (Å²) in [6.45, 7) is 7.40. The molecule has 0 aliphatic carbocycles. The maximum absolute atomic E-state index is 12.9. The molecule has 0 fully saturated rings. The maximum Gasteiger partial charge on any atom is 0.257 e. The van der Waals surface area contributed by atoms with Crippen LogP contribution < -0.4 is 20.7 Å². The van der Waals surface area contributed by atoms with E-state index in [2.05, 4.69) is 16.0 Å². The molecule has 0 radical (unpaired) electrons. The molecule has 35 heavy (non-hydrogen) atoms. The Hall–Kier alpha value is -3.75. The lowest BCUT2D eigenvalue weighted by molar-refractivity contribution is 0.0975. The van der Waals surface area contributed by atoms with Gasteiger partial charge in [-0.15, -0.1) is 0 Å². The first-order chi connectivity index (χ1) is 16.9. The van der Waals surface area contributed by atoms with E-state index in [4.69, 9.17) is 21.7 Å². The standard InChI is InChI=1S/C27H29N3O4S/c1-4-33-14-15-34-22-9-7-8-20(17-22)25(31)30-27(35)29-24-11-6-5-10-23(24)26(32)28-21-13-12-18(2)19(3)16-21/h5-13,16-17H,4,14-15H2,1-3H3,(H,28,32)(H2,29,30,31,35). The summed E-state index contributed by atoms with van der Waals surface area (Å²) in [5, 5.41) is 8.58. The Morgan fingerprint density at radius 3 is 2.43 bits per heavy atom. The van der Waals surface area contributed by atoms with Gasteiger partial charge in [0.1, 0.15) is 12.4 Å². The molecule has 0 spiro atoms. The van der Waals surface area contributed by atoms with Crippen molar-refractivity contribution in [3.05, 3.63) is 89.0 Å². The zero-order chi connectivity index (χ0) is 25.2. The first kappa shape index (κ1) is 25.9. The third-order valence-corrected chi connectivity index (χ3v) is 5.41. The molecule has 0 bridgehead atoms. The Balaban J connectivity index is 1.63. The first-order valence-electron chi connectivity index (χ1n) is 11.3. The molecule has 0 aromatic heterocycles. The van der Waals surface area contributed by atoms with Crippen LogP contribution in [0.25, 0.3) is 0 Å². The van der Waals surface area contributed by atoms with Gasteiger partial charge in [0.05, 0.1) is 17.9 Å². The fourth-order valence-corrected chi connectivity index (χ4v) is 3.43. The van der Waals surface area contributed by atoms with Gasteiger partial charge < -0.3 is 20.1 Å². The second kappa shape index (κ2) is 12.6. The number of para-hydroxylation sites is 1. The van der Waals surface area contributed by atoms with E-state index in [0.29, 0.717) is 48.1 Å². The van der Waals surface area contributed by atoms with Crippen LogP contribution in [-0.4, -0.2) is 36.7 Å². The van der Waals surface area contributed by atoms with E-state index in [1.54, 1.807) is 48.5 Å². The van der Waals surface area contributed by atoms with Crippen LogP contribution in [0.1, 0.15) is 38.8 Å². The summed E-state index contributed by atoms with van der Waals surface area (Å²) in [6, 6.07) is 19.5. The number of anilines is 2. The van der Waals surface area contributed by atoms with Crippen molar-refractivity contribution in [2.24, 2.45) is 0 Å². The zero-order valence-corrected chi connectivity index (χ0v) is 20.8. The lowest BCUT2D eigenvalue weighted by Crippen LogP contribution is -2.34. The van der Waals surface area contributed by atoms with Crippen LogP contribution in [0.2, 0.25) is 0 Å². The summed E-state index contributed by atoms with van der Waals surface area (Å²) in [7, 11) is 0. The predicted octanol–water partition coefficient (Wildman–Crippen LogP) is 5.10. The van der Waals surface area contributed by atoms with E-state index in [9.17, 15) is 9.59 Å². The van der Waals surface area contributed by atoms with Gasteiger partial charge in [0.15, 0.2) is 5.11 Å². The van der Waals surface area contributed by atoms with Gasteiger partial charge >= 0.3 is 0 Å². The zero-order valence-electron chi connectivity index (χ0n) is 20.0. The van der Waals surface area contributed by atoms with Crippen molar-refractivity contribution >= 4 is 40.5 Å². The number of nitrogens with one attached hydrogen (secondary N) is 3. The quantitative estimate of drug-likeness (QED) is 0.285. The molecule has 3 aromatic rings. The van der Waals surface area contributed by atoms with Gasteiger partial charge in [-0.3, -0.25) is 14.9 Å². The normalized spacial score (nSPS) is 10.4. The van der Waals surface area contributed by atoms with Crippen molar-refractivity contribution in [3.63, 3.8) is 0 Å². The van der Waals surface area contributed by atoms with Gasteiger partial charge in [0.25, 0.3) is 11.8 Å². The van der Waals surface area contributed by atoms with Crippen molar-refractivity contribution in [1.82, 2.24) is 5.32 Å². The Bertz CT molecular complexity index is 1210. The first-order valence-corrected chi connectivity index (χ1v) is 11.7. The summed E-state index contributed by atoms with van der Waals surface area (Å²) in [4.78, 5) is 25.6. The summed E-state index contributed by atoms with van der Waals surface area (Å²) in [5.74, 6) is -0.123. The van der Waals surface area contributed by atoms with Crippen LogP contribution in [0.15, 0.2) is 66.7 Å². The molecular formula is C27H29N3O4S. The summed E-state index contributed by atoms with van der Waals surface area (Å²) < 4.78 is 10.9. The van der Waals surface area contributed by atoms with Crippen molar-refractivity contribution in [1.29, 1.82) is 0 Å². The molecule has 0 unspecified atom stereocenters. The SMILES string of the molecule is CCOCCOc1cccc(C(=O)NC(=S)Nc2ccccc2C(=O)Nc2ccc(C)c(C)c2)c1. The fraction of sp³-hybridized carbons (Fsp3) is 0.222. The fourth-order valence-electron chi connectivity index (χ4n) is 3.23. The maximum atomic E-state index is 12.9. The highest BCUT2D eigenvalue weighted by Crippen LogP contribution is 2.20. The van der Waals surface area contributed by atoms with Gasteiger partial charge in [-0.2, -0.15) is 0 Å². The lowest BCUT2D eigenvalue weighted by atomic mass is 10.1. The Kier molecular flexibility index (Phi) is 9.34. The third-order valence-electron chi connectivity index (χ3n) is 5.21. The van der Waals surface area contributed by atoms with E-state index >= 15 is 0 Å². The minimum absolute atomic E-state index is 0.0732. The van der Waals surface area contributed by atoms with E-state index in [-0.39, 0.29) is 11.0 Å².